The van der Waals surface area contributed by atoms with Gasteiger partial charge >= 0.3 is 5.63 Å². The third kappa shape index (κ3) is 2.48. The second kappa shape index (κ2) is 5.54. The zero-order chi connectivity index (χ0) is 15.1. The van der Waals surface area contributed by atoms with Crippen LogP contribution in [-0.4, -0.2) is 17.5 Å². The number of hydrogen-bond acceptors (Lipinski definition) is 3. The van der Waals surface area contributed by atoms with E-state index in [1.165, 1.54) is 36.8 Å². The number of rotatable bonds is 2. The molecule has 0 bridgehead atoms. The number of nitrogens with zero attached hydrogens (tertiary/aromatic N) is 1. The van der Waals surface area contributed by atoms with Crippen LogP contribution in [0.2, 0.25) is 0 Å². The van der Waals surface area contributed by atoms with Crippen molar-refractivity contribution in [2.45, 2.75) is 58.0 Å². The smallest absolute Gasteiger partial charge is 0.336 e. The van der Waals surface area contributed by atoms with Gasteiger partial charge in [-0.15, -0.1) is 0 Å². The van der Waals surface area contributed by atoms with Gasteiger partial charge in [-0.1, -0.05) is 6.42 Å². The molecular formula is C19H23NO2. The first-order valence-corrected chi connectivity index (χ1v) is 8.53. The van der Waals surface area contributed by atoms with Gasteiger partial charge in [-0.25, -0.2) is 4.79 Å². The topological polar surface area (TPSA) is 33.5 Å². The minimum absolute atomic E-state index is 0.217. The number of aryl methyl sites for hydroxylation is 2. The third-order valence-electron chi connectivity index (χ3n) is 5.36. The van der Waals surface area contributed by atoms with Crippen LogP contribution in [0.3, 0.4) is 0 Å². The molecule has 1 aromatic carbocycles. The molecule has 0 unspecified atom stereocenters. The number of fused-ring (bicyclic) bond motifs is 2. The van der Waals surface area contributed by atoms with Gasteiger partial charge in [0.1, 0.15) is 5.58 Å². The van der Waals surface area contributed by atoms with Gasteiger partial charge in [0.05, 0.1) is 0 Å². The van der Waals surface area contributed by atoms with Gasteiger partial charge in [-0.3, -0.25) is 4.90 Å². The van der Waals surface area contributed by atoms with Crippen LogP contribution in [0.25, 0.3) is 11.0 Å². The van der Waals surface area contributed by atoms with Crippen molar-refractivity contribution >= 4 is 11.0 Å². The van der Waals surface area contributed by atoms with Crippen LogP contribution in [0.4, 0.5) is 0 Å². The molecule has 2 heterocycles. The highest BCUT2D eigenvalue weighted by Gasteiger charge is 2.21. The molecule has 4 rings (SSSR count). The monoisotopic (exact) mass is 297 g/mol. The fourth-order valence-corrected chi connectivity index (χ4v) is 4.04. The summed E-state index contributed by atoms with van der Waals surface area (Å²) in [6.45, 7) is 4.29. The summed E-state index contributed by atoms with van der Waals surface area (Å²) < 4.78 is 5.47. The van der Waals surface area contributed by atoms with Gasteiger partial charge in [-0.2, -0.15) is 0 Å². The van der Waals surface area contributed by atoms with Crippen molar-refractivity contribution in [3.63, 3.8) is 0 Å². The van der Waals surface area contributed by atoms with Crippen molar-refractivity contribution in [1.29, 1.82) is 0 Å². The Morgan fingerprint density at radius 2 is 1.95 bits per heavy atom. The lowest BCUT2D eigenvalue weighted by Gasteiger charge is -2.33. The molecule has 0 saturated carbocycles. The van der Waals surface area contributed by atoms with Crippen LogP contribution in [0, 0.1) is 0 Å². The maximum absolute atomic E-state index is 11.9. The van der Waals surface area contributed by atoms with Gasteiger partial charge in [0.2, 0.25) is 0 Å². The minimum atomic E-state index is -0.217. The summed E-state index contributed by atoms with van der Waals surface area (Å²) in [7, 11) is 0. The summed E-state index contributed by atoms with van der Waals surface area (Å²) in [6, 6.07) is 6.67. The fraction of sp³-hybridized carbons (Fsp3) is 0.526. The van der Waals surface area contributed by atoms with Gasteiger partial charge < -0.3 is 4.42 Å². The zero-order valence-electron chi connectivity index (χ0n) is 13.2. The quantitative estimate of drug-likeness (QED) is 0.793. The van der Waals surface area contributed by atoms with Crippen LogP contribution in [0.1, 0.15) is 49.3 Å². The molecule has 1 fully saturated rings. The Labute approximate surface area is 130 Å². The van der Waals surface area contributed by atoms with Crippen molar-refractivity contribution in [2.75, 3.05) is 6.54 Å². The molecule has 1 atom stereocenters. The van der Waals surface area contributed by atoms with Crippen molar-refractivity contribution in [3.05, 3.63) is 45.3 Å². The second-order valence-electron chi connectivity index (χ2n) is 6.88. The molecule has 1 saturated heterocycles. The molecule has 22 heavy (non-hydrogen) atoms. The van der Waals surface area contributed by atoms with E-state index in [-0.39, 0.29) is 5.63 Å². The first-order valence-electron chi connectivity index (χ1n) is 8.53. The van der Waals surface area contributed by atoms with E-state index < -0.39 is 0 Å². The van der Waals surface area contributed by atoms with Crippen LogP contribution >= 0.6 is 0 Å². The second-order valence-corrected chi connectivity index (χ2v) is 6.88. The van der Waals surface area contributed by atoms with Crippen molar-refractivity contribution in [1.82, 2.24) is 4.90 Å². The lowest BCUT2D eigenvalue weighted by Crippen LogP contribution is -2.36. The average Bonchev–Trinajstić information content (AvgIpc) is 2.95. The van der Waals surface area contributed by atoms with Crippen LogP contribution < -0.4 is 5.63 Å². The first kappa shape index (κ1) is 14.0. The van der Waals surface area contributed by atoms with E-state index in [0.29, 0.717) is 6.04 Å². The van der Waals surface area contributed by atoms with Gasteiger partial charge in [-0.05, 0) is 74.4 Å². The summed E-state index contributed by atoms with van der Waals surface area (Å²) in [5.74, 6) is 0. The maximum Gasteiger partial charge on any atom is 0.336 e. The molecule has 3 heteroatoms. The Morgan fingerprint density at radius 1 is 1.14 bits per heavy atom. The standard InChI is InChI=1S/C19H23NO2/c1-13-5-2-3-8-20(13)12-16-11-19(21)22-18-10-15-7-4-6-14(15)9-17(16)18/h9-11,13H,2-8,12H2,1H3/t13-/m1/s1. The summed E-state index contributed by atoms with van der Waals surface area (Å²) in [5, 5.41) is 1.14. The van der Waals surface area contributed by atoms with Crippen LogP contribution in [0.15, 0.2) is 27.4 Å². The highest BCUT2D eigenvalue weighted by atomic mass is 16.4. The van der Waals surface area contributed by atoms with Crippen molar-refractivity contribution < 1.29 is 4.42 Å². The number of benzene rings is 1. The van der Waals surface area contributed by atoms with Gasteiger partial charge in [0, 0.05) is 24.0 Å². The minimum Gasteiger partial charge on any atom is -0.423 e. The lowest BCUT2D eigenvalue weighted by molar-refractivity contribution is 0.153. The Hall–Kier alpha value is -1.61. The molecule has 0 N–H and O–H groups in total. The normalized spacial score (nSPS) is 22.1. The van der Waals surface area contributed by atoms with E-state index in [2.05, 4.69) is 24.0 Å². The molecular weight excluding hydrogens is 274 g/mol. The zero-order valence-corrected chi connectivity index (χ0v) is 13.2. The average molecular weight is 297 g/mol. The highest BCUT2D eigenvalue weighted by Crippen LogP contribution is 2.29. The molecule has 1 aliphatic heterocycles. The molecule has 2 aromatic rings. The summed E-state index contributed by atoms with van der Waals surface area (Å²) >= 11 is 0. The van der Waals surface area contributed by atoms with E-state index in [1.54, 1.807) is 6.07 Å². The molecule has 0 radical (unpaired) electrons. The fourth-order valence-electron chi connectivity index (χ4n) is 4.04. The van der Waals surface area contributed by atoms with E-state index >= 15 is 0 Å². The molecule has 2 aliphatic rings. The molecule has 3 nitrogen and oxygen atoms in total. The Kier molecular flexibility index (Phi) is 3.53. The largest absolute Gasteiger partial charge is 0.423 e. The van der Waals surface area contributed by atoms with E-state index in [9.17, 15) is 4.79 Å². The van der Waals surface area contributed by atoms with Gasteiger partial charge in [0.25, 0.3) is 0 Å². The molecule has 1 aromatic heterocycles. The number of likely N-dealkylation sites (tertiary alicyclic amines) is 1. The molecule has 116 valence electrons. The van der Waals surface area contributed by atoms with Crippen molar-refractivity contribution in [2.24, 2.45) is 0 Å². The Bertz CT molecular complexity index is 762. The Balaban J connectivity index is 1.77. The van der Waals surface area contributed by atoms with E-state index in [4.69, 9.17) is 4.42 Å². The van der Waals surface area contributed by atoms with Gasteiger partial charge in [0.15, 0.2) is 0 Å². The van der Waals surface area contributed by atoms with E-state index in [1.807, 2.05) is 0 Å². The summed E-state index contributed by atoms with van der Waals surface area (Å²) in [5.41, 5.74) is 4.49. The number of hydrogen-bond donors (Lipinski definition) is 0. The summed E-state index contributed by atoms with van der Waals surface area (Å²) in [6.07, 6.45) is 7.33. The van der Waals surface area contributed by atoms with Crippen molar-refractivity contribution in [3.8, 4) is 0 Å². The third-order valence-corrected chi connectivity index (χ3v) is 5.36. The summed E-state index contributed by atoms with van der Waals surface area (Å²) in [4.78, 5) is 14.4. The van der Waals surface area contributed by atoms with Crippen LogP contribution in [-0.2, 0) is 19.4 Å². The van der Waals surface area contributed by atoms with Crippen LogP contribution in [0.5, 0.6) is 0 Å². The maximum atomic E-state index is 11.9. The lowest BCUT2D eigenvalue weighted by atomic mass is 10.00. The SMILES string of the molecule is C[C@@H]1CCCCN1Cc1cc(=O)oc2cc3c(cc12)CCC3. The molecule has 0 spiro atoms. The highest BCUT2D eigenvalue weighted by molar-refractivity contribution is 5.82. The predicted molar refractivity (Wildman–Crippen MR) is 88.2 cm³/mol. The predicted octanol–water partition coefficient (Wildman–Crippen LogP) is 3.66. The molecule has 0 amide bonds. The first-order chi connectivity index (χ1) is 10.7. The molecule has 1 aliphatic carbocycles. The van der Waals surface area contributed by atoms with E-state index in [0.717, 1.165) is 42.5 Å². The number of piperidine rings is 1. The Morgan fingerprint density at radius 3 is 2.77 bits per heavy atom.